The monoisotopic (exact) mass is 400 g/mol. The second kappa shape index (κ2) is 8.66. The van der Waals surface area contributed by atoms with Crippen LogP contribution in [0.3, 0.4) is 0 Å². The summed E-state index contributed by atoms with van der Waals surface area (Å²) in [6, 6.07) is 6.76. The first-order chi connectivity index (χ1) is 13.5. The highest BCUT2D eigenvalue weighted by Crippen LogP contribution is 2.24. The Kier molecular flexibility index (Phi) is 6.05. The van der Waals surface area contributed by atoms with Gasteiger partial charge in [0.05, 0.1) is 12.3 Å². The third-order valence-corrected chi connectivity index (χ3v) is 4.94. The molecule has 146 valence electrons. The molecular weight excluding hydrogens is 380 g/mol. The average Bonchev–Trinajstić information content (AvgIpc) is 3.25. The number of hydrogen-bond acceptors (Lipinski definition) is 7. The van der Waals surface area contributed by atoms with Gasteiger partial charge in [0.1, 0.15) is 23.1 Å². The Hall–Kier alpha value is -3.20. The SMILES string of the molecule is CCOC(=O)c1sc(NC(=O)c2ccc(OCc3nccn3C)cc2)nc1C. The maximum Gasteiger partial charge on any atom is 0.350 e. The molecule has 0 atom stereocenters. The summed E-state index contributed by atoms with van der Waals surface area (Å²) in [5.41, 5.74) is 0.978. The molecule has 0 saturated carbocycles. The predicted octanol–water partition coefficient (Wildman–Crippen LogP) is 3.19. The van der Waals surface area contributed by atoms with Gasteiger partial charge in [-0.3, -0.25) is 10.1 Å². The number of nitrogens with one attached hydrogen (secondary N) is 1. The van der Waals surface area contributed by atoms with Crippen molar-refractivity contribution in [1.29, 1.82) is 0 Å². The number of nitrogens with zero attached hydrogens (tertiary/aromatic N) is 3. The molecule has 2 aromatic heterocycles. The summed E-state index contributed by atoms with van der Waals surface area (Å²) < 4.78 is 12.5. The molecule has 0 unspecified atom stereocenters. The number of aromatic nitrogens is 3. The number of carbonyl (C=O) groups excluding carboxylic acids is 2. The van der Waals surface area contributed by atoms with Crippen molar-refractivity contribution in [3.8, 4) is 5.75 Å². The van der Waals surface area contributed by atoms with E-state index in [9.17, 15) is 9.59 Å². The fourth-order valence-corrected chi connectivity index (χ4v) is 3.25. The number of amides is 1. The molecule has 0 bridgehead atoms. The number of thiazole rings is 1. The van der Waals surface area contributed by atoms with Gasteiger partial charge >= 0.3 is 5.97 Å². The van der Waals surface area contributed by atoms with Gasteiger partial charge in [-0.15, -0.1) is 0 Å². The Balaban J connectivity index is 1.61. The van der Waals surface area contributed by atoms with Crippen molar-refractivity contribution in [3.05, 3.63) is 58.6 Å². The van der Waals surface area contributed by atoms with Crippen LogP contribution in [0.2, 0.25) is 0 Å². The second-order valence-electron chi connectivity index (χ2n) is 5.88. The smallest absolute Gasteiger partial charge is 0.350 e. The van der Waals surface area contributed by atoms with Gasteiger partial charge in [-0.2, -0.15) is 0 Å². The Morgan fingerprint density at radius 2 is 2.00 bits per heavy atom. The van der Waals surface area contributed by atoms with Crippen LogP contribution in [0.15, 0.2) is 36.7 Å². The topological polar surface area (TPSA) is 95.3 Å². The van der Waals surface area contributed by atoms with Crippen LogP contribution in [-0.4, -0.2) is 33.0 Å². The van der Waals surface area contributed by atoms with Crippen LogP contribution < -0.4 is 10.1 Å². The maximum atomic E-state index is 12.4. The molecule has 0 spiro atoms. The number of carbonyl (C=O) groups is 2. The molecule has 1 aromatic carbocycles. The molecule has 1 N–H and O–H groups in total. The molecule has 0 radical (unpaired) electrons. The van der Waals surface area contributed by atoms with Gasteiger partial charge < -0.3 is 14.0 Å². The second-order valence-corrected chi connectivity index (χ2v) is 6.87. The van der Waals surface area contributed by atoms with E-state index in [-0.39, 0.29) is 12.5 Å². The maximum absolute atomic E-state index is 12.4. The van der Waals surface area contributed by atoms with E-state index in [2.05, 4.69) is 15.3 Å². The number of benzene rings is 1. The van der Waals surface area contributed by atoms with Crippen LogP contribution in [-0.2, 0) is 18.4 Å². The van der Waals surface area contributed by atoms with Crippen LogP contribution in [0.25, 0.3) is 0 Å². The summed E-state index contributed by atoms with van der Waals surface area (Å²) in [5.74, 6) is 0.680. The zero-order valence-electron chi connectivity index (χ0n) is 15.8. The van der Waals surface area contributed by atoms with Crippen molar-refractivity contribution in [2.75, 3.05) is 11.9 Å². The van der Waals surface area contributed by atoms with E-state index in [1.54, 1.807) is 44.3 Å². The molecule has 0 fully saturated rings. The molecule has 0 aliphatic carbocycles. The van der Waals surface area contributed by atoms with Gasteiger partial charge in [0.15, 0.2) is 5.13 Å². The molecule has 3 aromatic rings. The van der Waals surface area contributed by atoms with E-state index in [0.717, 1.165) is 17.2 Å². The lowest BCUT2D eigenvalue weighted by Crippen LogP contribution is -2.11. The van der Waals surface area contributed by atoms with E-state index >= 15 is 0 Å². The van der Waals surface area contributed by atoms with Gasteiger partial charge in [-0.05, 0) is 38.1 Å². The lowest BCUT2D eigenvalue weighted by molar-refractivity contribution is 0.0531. The molecule has 1 amide bonds. The highest BCUT2D eigenvalue weighted by atomic mass is 32.1. The van der Waals surface area contributed by atoms with Crippen LogP contribution in [0, 0.1) is 6.92 Å². The van der Waals surface area contributed by atoms with Gasteiger partial charge in [0.25, 0.3) is 5.91 Å². The Morgan fingerprint density at radius 3 is 2.64 bits per heavy atom. The molecule has 0 aliphatic rings. The van der Waals surface area contributed by atoms with Crippen molar-refractivity contribution in [2.45, 2.75) is 20.5 Å². The normalized spacial score (nSPS) is 10.5. The van der Waals surface area contributed by atoms with Crippen LogP contribution >= 0.6 is 11.3 Å². The molecule has 9 heteroatoms. The average molecular weight is 400 g/mol. The van der Waals surface area contributed by atoms with E-state index in [4.69, 9.17) is 9.47 Å². The van der Waals surface area contributed by atoms with Gasteiger partial charge in [-0.25, -0.2) is 14.8 Å². The van der Waals surface area contributed by atoms with E-state index in [1.165, 1.54) is 0 Å². The largest absolute Gasteiger partial charge is 0.486 e. The molecule has 0 saturated heterocycles. The number of imidazole rings is 1. The minimum Gasteiger partial charge on any atom is -0.486 e. The van der Waals surface area contributed by atoms with E-state index < -0.39 is 5.97 Å². The van der Waals surface area contributed by atoms with Crippen LogP contribution in [0.4, 0.5) is 5.13 Å². The fourth-order valence-electron chi connectivity index (χ4n) is 2.39. The Bertz CT molecular complexity index is 978. The van der Waals surface area contributed by atoms with E-state index in [0.29, 0.717) is 33.6 Å². The Morgan fingerprint density at radius 1 is 1.25 bits per heavy atom. The first-order valence-corrected chi connectivity index (χ1v) is 9.44. The third kappa shape index (κ3) is 4.55. The zero-order valence-corrected chi connectivity index (χ0v) is 16.6. The number of rotatable bonds is 7. The fraction of sp³-hybridized carbons (Fsp3) is 0.263. The quantitative estimate of drug-likeness (QED) is 0.612. The Labute approximate surface area is 166 Å². The minimum absolute atomic E-state index is 0.284. The summed E-state index contributed by atoms with van der Waals surface area (Å²) >= 11 is 1.09. The number of anilines is 1. The minimum atomic E-state index is -0.438. The lowest BCUT2D eigenvalue weighted by Gasteiger charge is -2.07. The number of hydrogen-bond donors (Lipinski definition) is 1. The zero-order chi connectivity index (χ0) is 20.1. The third-order valence-electron chi connectivity index (χ3n) is 3.88. The van der Waals surface area contributed by atoms with Crippen LogP contribution in [0.1, 0.15) is 38.5 Å². The van der Waals surface area contributed by atoms with Crippen LogP contribution in [0.5, 0.6) is 5.75 Å². The highest BCUT2D eigenvalue weighted by molar-refractivity contribution is 7.17. The van der Waals surface area contributed by atoms with E-state index in [1.807, 2.05) is 17.8 Å². The molecule has 28 heavy (non-hydrogen) atoms. The van der Waals surface area contributed by atoms with Gasteiger partial charge in [0.2, 0.25) is 0 Å². The summed E-state index contributed by atoms with van der Waals surface area (Å²) in [4.78, 5) is 33.1. The standard InChI is InChI=1S/C19H20N4O4S/c1-4-26-18(25)16-12(2)21-19(28-16)22-17(24)13-5-7-14(8-6-13)27-11-15-20-9-10-23(15)3/h5-10H,4,11H2,1-3H3,(H,21,22,24). The summed E-state index contributed by atoms with van der Waals surface area (Å²) in [6.45, 7) is 4.06. The molecule has 2 heterocycles. The first-order valence-electron chi connectivity index (χ1n) is 8.63. The molecule has 8 nitrogen and oxygen atoms in total. The number of aryl methyl sites for hydroxylation is 2. The number of ether oxygens (including phenoxy) is 2. The molecule has 0 aliphatic heterocycles. The highest BCUT2D eigenvalue weighted by Gasteiger charge is 2.18. The van der Waals surface area contributed by atoms with Crippen molar-refractivity contribution < 1.29 is 19.1 Å². The molecule has 3 rings (SSSR count). The van der Waals surface area contributed by atoms with Crippen molar-refractivity contribution in [1.82, 2.24) is 14.5 Å². The summed E-state index contributed by atoms with van der Waals surface area (Å²) in [5, 5.41) is 3.05. The molecular formula is C19H20N4O4S. The van der Waals surface area contributed by atoms with Gasteiger partial charge in [0, 0.05) is 25.0 Å². The number of esters is 1. The summed E-state index contributed by atoms with van der Waals surface area (Å²) in [7, 11) is 1.90. The van der Waals surface area contributed by atoms with Gasteiger partial charge in [-0.1, -0.05) is 11.3 Å². The predicted molar refractivity (Wildman–Crippen MR) is 105 cm³/mol. The first kappa shape index (κ1) is 19.6. The lowest BCUT2D eigenvalue weighted by atomic mass is 10.2. The van der Waals surface area contributed by atoms with Crippen molar-refractivity contribution >= 4 is 28.3 Å². The van der Waals surface area contributed by atoms with Crippen molar-refractivity contribution in [2.24, 2.45) is 7.05 Å². The summed E-state index contributed by atoms with van der Waals surface area (Å²) in [6.07, 6.45) is 3.56. The van der Waals surface area contributed by atoms with Crippen molar-refractivity contribution in [3.63, 3.8) is 0 Å².